The van der Waals surface area contributed by atoms with Gasteiger partial charge in [-0.1, -0.05) is 0 Å². The first-order valence-corrected chi connectivity index (χ1v) is 4.30. The molecule has 0 amide bonds. The highest BCUT2D eigenvalue weighted by Crippen LogP contribution is 2.26. The topological polar surface area (TPSA) is 13.1 Å². The van der Waals surface area contributed by atoms with Crippen LogP contribution in [0.15, 0.2) is 27.3 Å². The van der Waals surface area contributed by atoms with Gasteiger partial charge in [-0.2, -0.15) is 0 Å². The lowest BCUT2D eigenvalue weighted by Crippen LogP contribution is -1.76. The summed E-state index contributed by atoms with van der Waals surface area (Å²) in [6.45, 7) is 1.93. The van der Waals surface area contributed by atoms with E-state index < -0.39 is 0 Å². The van der Waals surface area contributed by atoms with Crippen LogP contribution in [0, 0.1) is 12.7 Å². The Kier molecular flexibility index (Phi) is 1.68. The fourth-order valence-corrected chi connectivity index (χ4v) is 1.49. The van der Waals surface area contributed by atoms with Crippen molar-refractivity contribution in [3.8, 4) is 0 Å². The summed E-state index contributed by atoms with van der Waals surface area (Å²) < 4.78 is 18.5. The van der Waals surface area contributed by atoms with E-state index in [-0.39, 0.29) is 5.82 Å². The van der Waals surface area contributed by atoms with Gasteiger partial charge < -0.3 is 4.42 Å². The van der Waals surface area contributed by atoms with Crippen LogP contribution in [0.3, 0.4) is 0 Å². The Balaban J connectivity index is 2.87. The smallest absolute Gasteiger partial charge is 0.141 e. The Hall–Kier alpha value is -0.830. The molecule has 2 rings (SSSR count). The Bertz CT molecular complexity index is 433. The van der Waals surface area contributed by atoms with Crippen molar-refractivity contribution in [2.24, 2.45) is 0 Å². The van der Waals surface area contributed by atoms with Crippen molar-refractivity contribution in [2.45, 2.75) is 6.92 Å². The minimum absolute atomic E-state index is 0.295. The van der Waals surface area contributed by atoms with Crippen molar-refractivity contribution in [1.82, 2.24) is 0 Å². The Labute approximate surface area is 77.3 Å². The molecule has 0 atom stereocenters. The molecule has 0 N–H and O–H groups in total. The molecular weight excluding hydrogens is 223 g/mol. The van der Waals surface area contributed by atoms with Crippen LogP contribution in [-0.4, -0.2) is 0 Å². The fraction of sp³-hybridized carbons (Fsp3) is 0.111. The van der Waals surface area contributed by atoms with Crippen LogP contribution < -0.4 is 0 Å². The third-order valence-corrected chi connectivity index (χ3v) is 2.42. The summed E-state index contributed by atoms with van der Waals surface area (Å²) >= 11 is 3.12. The van der Waals surface area contributed by atoms with Gasteiger partial charge in [0.2, 0.25) is 0 Å². The summed E-state index contributed by atoms with van der Waals surface area (Å²) in [5.74, 6) is -0.295. The molecule has 62 valence electrons. The van der Waals surface area contributed by atoms with Crippen molar-refractivity contribution in [3.63, 3.8) is 0 Å². The monoisotopic (exact) mass is 228 g/mol. The second-order valence-electron chi connectivity index (χ2n) is 2.68. The molecule has 0 bridgehead atoms. The number of furan rings is 1. The van der Waals surface area contributed by atoms with Crippen LogP contribution in [0.2, 0.25) is 0 Å². The van der Waals surface area contributed by atoms with Gasteiger partial charge in [0.25, 0.3) is 0 Å². The first kappa shape index (κ1) is 7.80. The number of halogens is 2. The van der Waals surface area contributed by atoms with E-state index in [1.165, 1.54) is 6.07 Å². The predicted molar refractivity (Wildman–Crippen MR) is 48.6 cm³/mol. The predicted octanol–water partition coefficient (Wildman–Crippen LogP) is 3.64. The van der Waals surface area contributed by atoms with Gasteiger partial charge in [0.05, 0.1) is 10.7 Å². The van der Waals surface area contributed by atoms with Gasteiger partial charge in [0.1, 0.15) is 11.4 Å². The lowest BCUT2D eigenvalue weighted by Gasteiger charge is -1.93. The largest absolute Gasteiger partial charge is 0.464 e. The minimum Gasteiger partial charge on any atom is -0.464 e. The van der Waals surface area contributed by atoms with Crippen LogP contribution in [0.1, 0.15) is 5.56 Å². The van der Waals surface area contributed by atoms with Gasteiger partial charge in [-0.05, 0) is 34.5 Å². The van der Waals surface area contributed by atoms with Crippen LogP contribution in [0.4, 0.5) is 4.39 Å². The highest BCUT2D eigenvalue weighted by Gasteiger charge is 2.06. The fourth-order valence-electron chi connectivity index (χ4n) is 1.15. The average Bonchev–Trinajstić information content (AvgIpc) is 2.35. The van der Waals surface area contributed by atoms with E-state index in [9.17, 15) is 4.39 Å². The van der Waals surface area contributed by atoms with Crippen molar-refractivity contribution in [1.29, 1.82) is 0 Å². The van der Waals surface area contributed by atoms with Gasteiger partial charge in [-0.3, -0.25) is 0 Å². The first-order valence-electron chi connectivity index (χ1n) is 3.51. The van der Waals surface area contributed by atoms with Gasteiger partial charge in [0.15, 0.2) is 0 Å². The lowest BCUT2D eigenvalue weighted by atomic mass is 10.2. The van der Waals surface area contributed by atoms with Gasteiger partial charge in [-0.15, -0.1) is 0 Å². The molecule has 1 aromatic heterocycles. The number of benzene rings is 1. The van der Waals surface area contributed by atoms with Crippen molar-refractivity contribution in [3.05, 3.63) is 34.2 Å². The van der Waals surface area contributed by atoms with Gasteiger partial charge in [-0.25, -0.2) is 4.39 Å². The Morgan fingerprint density at radius 3 is 2.92 bits per heavy atom. The van der Waals surface area contributed by atoms with Crippen LogP contribution in [0.25, 0.3) is 11.0 Å². The highest BCUT2D eigenvalue weighted by atomic mass is 79.9. The summed E-state index contributed by atoms with van der Waals surface area (Å²) in [6, 6.07) is 3.11. The highest BCUT2D eigenvalue weighted by molar-refractivity contribution is 9.10. The third-order valence-electron chi connectivity index (χ3n) is 1.81. The molecule has 1 nitrogen and oxygen atoms in total. The van der Waals surface area contributed by atoms with Crippen LogP contribution in [0.5, 0.6) is 0 Å². The van der Waals surface area contributed by atoms with E-state index in [0.29, 0.717) is 10.1 Å². The Morgan fingerprint density at radius 1 is 1.42 bits per heavy atom. The SMILES string of the molecule is Cc1coc2cc(F)c(Br)cc12. The van der Waals surface area contributed by atoms with E-state index in [1.807, 2.05) is 6.92 Å². The van der Waals surface area contributed by atoms with Crippen molar-refractivity contribution < 1.29 is 8.81 Å². The average molecular weight is 229 g/mol. The molecule has 0 aliphatic heterocycles. The molecule has 0 spiro atoms. The number of hydrogen-bond acceptors (Lipinski definition) is 1. The molecule has 0 saturated heterocycles. The maximum absolute atomic E-state index is 13.0. The molecular formula is C9H6BrFO. The molecule has 3 heteroatoms. The van der Waals surface area contributed by atoms with E-state index >= 15 is 0 Å². The molecule has 0 radical (unpaired) electrons. The minimum atomic E-state index is -0.295. The summed E-state index contributed by atoms with van der Waals surface area (Å²) in [5.41, 5.74) is 1.61. The number of fused-ring (bicyclic) bond motifs is 1. The lowest BCUT2D eigenvalue weighted by molar-refractivity contribution is 0.594. The molecule has 0 fully saturated rings. The molecule has 1 heterocycles. The molecule has 1 aromatic carbocycles. The molecule has 0 aliphatic rings. The maximum Gasteiger partial charge on any atom is 0.141 e. The number of hydrogen-bond donors (Lipinski definition) is 0. The first-order chi connectivity index (χ1) is 5.68. The molecule has 12 heavy (non-hydrogen) atoms. The van der Waals surface area contributed by atoms with Crippen molar-refractivity contribution >= 4 is 26.9 Å². The quantitative estimate of drug-likeness (QED) is 0.672. The zero-order chi connectivity index (χ0) is 8.72. The van der Waals surface area contributed by atoms with E-state index in [2.05, 4.69) is 15.9 Å². The number of aryl methyl sites for hydroxylation is 1. The standard InChI is InChI=1S/C9H6BrFO/c1-5-4-12-9-3-8(11)7(10)2-6(5)9/h2-4H,1H3. The summed E-state index contributed by atoms with van der Waals surface area (Å²) in [5, 5.41) is 0.947. The molecule has 0 saturated carbocycles. The van der Waals surface area contributed by atoms with Gasteiger partial charge >= 0.3 is 0 Å². The van der Waals surface area contributed by atoms with Gasteiger partial charge in [0, 0.05) is 11.5 Å². The number of rotatable bonds is 0. The molecule has 2 aromatic rings. The zero-order valence-corrected chi connectivity index (χ0v) is 7.98. The van der Waals surface area contributed by atoms with Crippen LogP contribution >= 0.6 is 15.9 Å². The summed E-state index contributed by atoms with van der Waals surface area (Å²) in [7, 11) is 0. The normalized spacial score (nSPS) is 10.9. The second kappa shape index (κ2) is 2.59. The van der Waals surface area contributed by atoms with Crippen LogP contribution in [-0.2, 0) is 0 Å². The molecule has 0 unspecified atom stereocenters. The summed E-state index contributed by atoms with van der Waals surface area (Å²) in [4.78, 5) is 0. The maximum atomic E-state index is 13.0. The van der Waals surface area contributed by atoms with E-state index in [4.69, 9.17) is 4.42 Å². The zero-order valence-electron chi connectivity index (χ0n) is 6.40. The van der Waals surface area contributed by atoms with E-state index in [1.54, 1.807) is 12.3 Å². The second-order valence-corrected chi connectivity index (χ2v) is 3.54. The van der Waals surface area contributed by atoms with E-state index in [0.717, 1.165) is 10.9 Å². The third kappa shape index (κ3) is 1.05. The Morgan fingerprint density at radius 2 is 2.17 bits per heavy atom. The summed E-state index contributed by atoms with van der Waals surface area (Å²) in [6.07, 6.45) is 1.62. The molecule has 0 aliphatic carbocycles. The van der Waals surface area contributed by atoms with Crippen molar-refractivity contribution in [2.75, 3.05) is 0 Å².